The number of benzene rings is 3. The molecule has 0 N–H and O–H groups in total. The number of hydrogen-bond acceptors (Lipinski definition) is 8. The molecule has 0 aliphatic carbocycles. The first-order valence-corrected chi connectivity index (χ1v) is 14.5. The molecule has 8 nitrogen and oxygen atoms in total. The zero-order valence-corrected chi connectivity index (χ0v) is 24.8. The number of hydrogen-bond donors (Lipinski definition) is 0. The van der Waals surface area contributed by atoms with E-state index in [2.05, 4.69) is 4.99 Å². The second-order valence-electron chi connectivity index (χ2n) is 9.66. The fraction of sp³-hybridized carbons (Fsp3) is 0.242. The van der Waals surface area contributed by atoms with Gasteiger partial charge in [-0.15, -0.1) is 0 Å². The Bertz CT molecular complexity index is 1790. The van der Waals surface area contributed by atoms with Crippen LogP contribution in [0, 0.1) is 6.92 Å². The van der Waals surface area contributed by atoms with E-state index in [9.17, 15) is 9.59 Å². The number of nitrogens with zero attached hydrogens (tertiary/aromatic N) is 2. The quantitative estimate of drug-likeness (QED) is 0.200. The van der Waals surface area contributed by atoms with Crippen molar-refractivity contribution in [3.05, 3.63) is 120 Å². The summed E-state index contributed by atoms with van der Waals surface area (Å²) < 4.78 is 24.4. The van der Waals surface area contributed by atoms with Crippen molar-refractivity contribution < 1.29 is 23.7 Å². The summed E-state index contributed by atoms with van der Waals surface area (Å²) in [5.41, 5.74) is 3.35. The first kappa shape index (κ1) is 28.9. The summed E-state index contributed by atoms with van der Waals surface area (Å²) >= 11 is 1.28. The summed E-state index contributed by atoms with van der Waals surface area (Å²) in [5, 5.41) is 0. The van der Waals surface area contributed by atoms with Gasteiger partial charge in [0.2, 0.25) is 0 Å². The summed E-state index contributed by atoms with van der Waals surface area (Å²) in [6.07, 6.45) is 1.81. The highest BCUT2D eigenvalue weighted by molar-refractivity contribution is 7.07. The van der Waals surface area contributed by atoms with Gasteiger partial charge in [-0.05, 0) is 74.4 Å². The minimum Gasteiger partial charge on any atom is -0.497 e. The molecule has 0 unspecified atom stereocenters. The van der Waals surface area contributed by atoms with Crippen LogP contribution in [0.15, 0.2) is 93.9 Å². The smallest absolute Gasteiger partial charge is 0.338 e. The lowest BCUT2D eigenvalue weighted by molar-refractivity contribution is -0.139. The van der Waals surface area contributed by atoms with E-state index in [1.807, 2.05) is 73.7 Å². The van der Waals surface area contributed by atoms with Crippen molar-refractivity contribution in [2.24, 2.45) is 4.99 Å². The maximum atomic E-state index is 13.8. The number of allylic oxidation sites excluding steroid dienone is 1. The largest absolute Gasteiger partial charge is 0.497 e. The third kappa shape index (κ3) is 6.31. The lowest BCUT2D eigenvalue weighted by atomic mass is 9.96. The number of carbonyl (C=O) groups is 1. The lowest BCUT2D eigenvalue weighted by Crippen LogP contribution is -2.39. The molecule has 0 saturated heterocycles. The summed E-state index contributed by atoms with van der Waals surface area (Å²) in [6, 6.07) is 22.0. The van der Waals surface area contributed by atoms with E-state index in [1.165, 1.54) is 16.9 Å². The molecule has 4 aromatic rings. The molecule has 216 valence electrons. The van der Waals surface area contributed by atoms with Crippen LogP contribution in [0.1, 0.15) is 36.6 Å². The molecule has 1 aliphatic rings. The topological polar surface area (TPSA) is 88.4 Å². The number of rotatable bonds is 10. The molecule has 1 aliphatic heterocycles. The van der Waals surface area contributed by atoms with E-state index in [4.69, 9.17) is 18.9 Å². The van der Waals surface area contributed by atoms with Crippen LogP contribution in [0.4, 0.5) is 0 Å². The molecule has 3 aromatic carbocycles. The number of thiazole rings is 1. The molecule has 42 heavy (non-hydrogen) atoms. The van der Waals surface area contributed by atoms with Crippen LogP contribution in [-0.2, 0) is 9.53 Å². The minimum atomic E-state index is -0.684. The second-order valence-corrected chi connectivity index (χ2v) is 10.7. The third-order valence-corrected chi connectivity index (χ3v) is 7.73. The van der Waals surface area contributed by atoms with E-state index in [-0.39, 0.29) is 12.2 Å². The van der Waals surface area contributed by atoms with Gasteiger partial charge in [-0.25, -0.2) is 9.79 Å². The van der Waals surface area contributed by atoms with Gasteiger partial charge in [0.1, 0.15) is 30.5 Å². The minimum absolute atomic E-state index is 0.214. The zero-order chi connectivity index (χ0) is 29.6. The van der Waals surface area contributed by atoms with Crippen LogP contribution in [0.25, 0.3) is 6.08 Å². The summed E-state index contributed by atoms with van der Waals surface area (Å²) in [6.45, 7) is 6.54. The van der Waals surface area contributed by atoms with Gasteiger partial charge in [-0.1, -0.05) is 53.3 Å². The number of aryl methyl sites for hydroxylation is 1. The highest BCUT2D eigenvalue weighted by atomic mass is 32.1. The molecule has 0 radical (unpaired) electrons. The Morgan fingerprint density at radius 3 is 2.33 bits per heavy atom. The number of ether oxygens (including phenoxy) is 4. The molecule has 1 aromatic heterocycles. The van der Waals surface area contributed by atoms with Gasteiger partial charge < -0.3 is 18.9 Å². The Hall–Kier alpha value is -4.63. The molecule has 0 saturated carbocycles. The Balaban J connectivity index is 1.43. The van der Waals surface area contributed by atoms with Crippen molar-refractivity contribution in [3.8, 4) is 17.2 Å². The van der Waals surface area contributed by atoms with Gasteiger partial charge in [-0.3, -0.25) is 9.36 Å². The molecular formula is C33H32N2O6S. The summed E-state index contributed by atoms with van der Waals surface area (Å²) in [5.74, 6) is 1.64. The van der Waals surface area contributed by atoms with E-state index >= 15 is 0 Å². The summed E-state index contributed by atoms with van der Waals surface area (Å²) in [4.78, 5) is 32.1. The second kappa shape index (κ2) is 12.9. The first-order chi connectivity index (χ1) is 20.4. The van der Waals surface area contributed by atoms with Crippen molar-refractivity contribution in [2.45, 2.75) is 26.8 Å². The first-order valence-electron chi connectivity index (χ1n) is 13.6. The molecular weight excluding hydrogens is 552 g/mol. The van der Waals surface area contributed by atoms with Gasteiger partial charge in [0.25, 0.3) is 5.56 Å². The maximum Gasteiger partial charge on any atom is 0.338 e. The highest BCUT2D eigenvalue weighted by Crippen LogP contribution is 2.31. The number of esters is 1. The standard InChI is InChI=1S/C33H32N2O6S/c1-5-39-32(37)29-22(3)34-33-35(30(29)24-11-15-25(38-4)16-12-24)31(36)28(42-33)20-23-7-6-8-27(19-23)41-18-17-40-26-13-9-21(2)10-14-26/h6-16,19-20,30H,5,17-18H2,1-4H3/b28-20-/t30-/m0/s1. The van der Waals surface area contributed by atoms with Crippen LogP contribution >= 0.6 is 11.3 Å². The van der Waals surface area contributed by atoms with Crippen molar-refractivity contribution in [1.29, 1.82) is 0 Å². The number of fused-ring (bicyclic) bond motifs is 1. The predicted molar refractivity (Wildman–Crippen MR) is 162 cm³/mol. The Morgan fingerprint density at radius 1 is 0.952 bits per heavy atom. The monoisotopic (exact) mass is 584 g/mol. The number of aromatic nitrogens is 1. The fourth-order valence-corrected chi connectivity index (χ4v) is 5.74. The van der Waals surface area contributed by atoms with E-state index < -0.39 is 12.0 Å². The van der Waals surface area contributed by atoms with Gasteiger partial charge in [0, 0.05) is 0 Å². The van der Waals surface area contributed by atoms with Gasteiger partial charge in [-0.2, -0.15) is 0 Å². The number of methoxy groups -OCH3 is 1. The van der Waals surface area contributed by atoms with Gasteiger partial charge >= 0.3 is 5.97 Å². The highest BCUT2D eigenvalue weighted by Gasteiger charge is 2.33. The van der Waals surface area contributed by atoms with Crippen LogP contribution in [0.5, 0.6) is 17.2 Å². The molecule has 5 rings (SSSR count). The Labute approximate surface area is 247 Å². The molecule has 0 fully saturated rings. The molecule has 0 spiro atoms. The average Bonchev–Trinajstić information content (AvgIpc) is 3.29. The fourth-order valence-electron chi connectivity index (χ4n) is 4.69. The van der Waals surface area contributed by atoms with Crippen molar-refractivity contribution in [3.63, 3.8) is 0 Å². The number of carbonyl (C=O) groups excluding carboxylic acids is 1. The van der Waals surface area contributed by atoms with Crippen LogP contribution in [-0.4, -0.2) is 37.5 Å². The normalized spacial score (nSPS) is 14.7. The van der Waals surface area contributed by atoms with E-state index in [1.54, 1.807) is 37.7 Å². The molecule has 2 heterocycles. The Morgan fingerprint density at radius 2 is 1.64 bits per heavy atom. The van der Waals surface area contributed by atoms with E-state index in [0.29, 0.717) is 45.3 Å². The van der Waals surface area contributed by atoms with Gasteiger partial charge in [0.05, 0.1) is 35.6 Å². The average molecular weight is 585 g/mol. The lowest BCUT2D eigenvalue weighted by Gasteiger charge is -2.24. The maximum absolute atomic E-state index is 13.8. The molecule has 9 heteroatoms. The SMILES string of the molecule is CCOC(=O)C1=C(C)N=c2s/c(=C\c3cccc(OCCOc4ccc(C)cc4)c3)c(=O)n2[C@H]1c1ccc(OC)cc1. The predicted octanol–water partition coefficient (Wildman–Crippen LogP) is 4.57. The van der Waals surface area contributed by atoms with Crippen molar-refractivity contribution >= 4 is 23.4 Å². The summed E-state index contributed by atoms with van der Waals surface area (Å²) in [7, 11) is 1.59. The molecule has 0 amide bonds. The van der Waals surface area contributed by atoms with Crippen molar-refractivity contribution in [2.75, 3.05) is 26.9 Å². The van der Waals surface area contributed by atoms with Crippen molar-refractivity contribution in [1.82, 2.24) is 4.57 Å². The third-order valence-electron chi connectivity index (χ3n) is 6.75. The Kier molecular flexibility index (Phi) is 8.88. The van der Waals surface area contributed by atoms with Crippen LogP contribution in [0.3, 0.4) is 0 Å². The molecule has 0 bridgehead atoms. The van der Waals surface area contributed by atoms with Gasteiger partial charge in [0.15, 0.2) is 4.80 Å². The van der Waals surface area contributed by atoms with Crippen LogP contribution in [0.2, 0.25) is 0 Å². The molecule has 1 atom stereocenters. The zero-order valence-electron chi connectivity index (χ0n) is 24.0. The van der Waals surface area contributed by atoms with Crippen LogP contribution < -0.4 is 29.1 Å². The van der Waals surface area contributed by atoms with E-state index in [0.717, 1.165) is 16.9 Å².